The predicted molar refractivity (Wildman–Crippen MR) is 143 cm³/mol. The zero-order chi connectivity index (χ0) is 25.1. The number of hydrogen-bond donors (Lipinski definition) is 1. The van der Waals surface area contributed by atoms with Gasteiger partial charge in [0.25, 0.3) is 5.91 Å². The number of aliphatic imine (C=N–C) groups is 1. The number of nitrogens with one attached hydrogen (secondary N) is 1. The number of methoxy groups -OCH3 is 1. The number of ether oxygens (including phenoxy) is 1. The number of rotatable bonds is 6. The first-order valence-electron chi connectivity index (χ1n) is 11.7. The van der Waals surface area contributed by atoms with Gasteiger partial charge in [-0.1, -0.05) is 71.9 Å². The molecule has 0 aliphatic carbocycles. The summed E-state index contributed by atoms with van der Waals surface area (Å²) in [5.74, 6) is 0.148. The Bertz CT molecular complexity index is 1320. The second-order valence-electron chi connectivity index (χ2n) is 8.71. The second kappa shape index (κ2) is 10.4. The lowest BCUT2D eigenvalue weighted by atomic mass is 9.98. The van der Waals surface area contributed by atoms with Crippen LogP contribution in [0.15, 0.2) is 89.0 Å². The predicted octanol–water partition coefficient (Wildman–Crippen LogP) is 5.18. The summed E-state index contributed by atoms with van der Waals surface area (Å²) in [4.78, 5) is 29.7. The maximum absolute atomic E-state index is 12.8. The number of anilines is 1. The Hall–Kier alpha value is -3.91. The quantitative estimate of drug-likeness (QED) is 0.506. The van der Waals surface area contributed by atoms with E-state index in [2.05, 4.69) is 41.5 Å². The molecule has 182 valence electrons. The van der Waals surface area contributed by atoms with Crippen LogP contribution in [-0.4, -0.2) is 40.1 Å². The molecule has 0 spiro atoms. The summed E-state index contributed by atoms with van der Waals surface area (Å²) in [5.41, 5.74) is 4.92. The number of aryl methyl sites for hydroxylation is 1. The van der Waals surface area contributed by atoms with Crippen molar-refractivity contribution in [2.75, 3.05) is 12.4 Å². The Kier molecular flexibility index (Phi) is 6.86. The first kappa shape index (κ1) is 23.8. The van der Waals surface area contributed by atoms with E-state index in [0.717, 1.165) is 16.8 Å². The molecule has 0 radical (unpaired) electrons. The molecule has 0 aromatic heterocycles. The van der Waals surface area contributed by atoms with Crippen LogP contribution in [0.4, 0.5) is 5.69 Å². The van der Waals surface area contributed by atoms with Crippen molar-refractivity contribution in [3.05, 3.63) is 95.6 Å². The number of amidine groups is 1. The third-order valence-electron chi connectivity index (χ3n) is 6.15. The van der Waals surface area contributed by atoms with E-state index in [4.69, 9.17) is 9.84 Å². The van der Waals surface area contributed by atoms with Gasteiger partial charge in [-0.3, -0.25) is 9.59 Å². The topological polar surface area (TPSA) is 83.4 Å². The number of carbonyl (C=O) groups excluding carboxylic acids is 2. The average Bonchev–Trinajstić information content (AvgIpc) is 3.49. The molecule has 0 saturated carbocycles. The lowest BCUT2D eigenvalue weighted by Crippen LogP contribution is -2.25. The fraction of sp³-hybridized carbons (Fsp3) is 0.214. The molecule has 5 rings (SSSR count). The van der Waals surface area contributed by atoms with Crippen molar-refractivity contribution >= 4 is 40.1 Å². The van der Waals surface area contributed by atoms with E-state index in [1.54, 1.807) is 31.4 Å². The van der Waals surface area contributed by atoms with Crippen molar-refractivity contribution in [1.29, 1.82) is 0 Å². The maximum Gasteiger partial charge on any atom is 0.262 e. The van der Waals surface area contributed by atoms with Gasteiger partial charge in [-0.25, -0.2) is 5.01 Å². The zero-order valence-corrected chi connectivity index (χ0v) is 20.9. The average molecular weight is 499 g/mol. The Morgan fingerprint density at radius 1 is 1.06 bits per heavy atom. The molecule has 1 N–H and O–H groups in total. The van der Waals surface area contributed by atoms with Gasteiger partial charge in [-0.15, -0.1) is 0 Å². The molecular weight excluding hydrogens is 472 g/mol. The molecule has 2 amide bonds. The molecule has 0 fully saturated rings. The fourth-order valence-electron chi connectivity index (χ4n) is 4.20. The summed E-state index contributed by atoms with van der Waals surface area (Å²) in [6, 6.07) is 25.4. The van der Waals surface area contributed by atoms with Crippen LogP contribution in [0.1, 0.15) is 35.6 Å². The summed E-state index contributed by atoms with van der Waals surface area (Å²) < 4.78 is 5.15. The van der Waals surface area contributed by atoms with Crippen LogP contribution >= 0.6 is 11.8 Å². The van der Waals surface area contributed by atoms with Gasteiger partial charge in [0.05, 0.1) is 18.9 Å². The van der Waals surface area contributed by atoms with E-state index in [0.29, 0.717) is 23.0 Å². The van der Waals surface area contributed by atoms with Crippen LogP contribution in [0, 0.1) is 6.92 Å². The van der Waals surface area contributed by atoms with Gasteiger partial charge >= 0.3 is 0 Å². The van der Waals surface area contributed by atoms with Gasteiger partial charge in [0, 0.05) is 18.5 Å². The van der Waals surface area contributed by atoms with Crippen molar-refractivity contribution in [3.8, 4) is 5.75 Å². The lowest BCUT2D eigenvalue weighted by molar-refractivity contribution is -0.121. The largest absolute Gasteiger partial charge is 0.497 e. The molecule has 3 aromatic carbocycles. The van der Waals surface area contributed by atoms with Crippen LogP contribution < -0.4 is 10.1 Å². The van der Waals surface area contributed by atoms with Crippen molar-refractivity contribution < 1.29 is 14.3 Å². The van der Waals surface area contributed by atoms with E-state index >= 15 is 0 Å². The van der Waals surface area contributed by atoms with Crippen LogP contribution in [0.25, 0.3) is 0 Å². The van der Waals surface area contributed by atoms with Crippen LogP contribution in [0.3, 0.4) is 0 Å². The Morgan fingerprint density at radius 3 is 2.47 bits per heavy atom. The number of hydrazone groups is 1. The highest BCUT2D eigenvalue weighted by Gasteiger charge is 2.39. The molecule has 0 unspecified atom stereocenters. The second-order valence-corrected chi connectivity index (χ2v) is 9.88. The molecule has 2 atom stereocenters. The van der Waals surface area contributed by atoms with Crippen molar-refractivity contribution in [2.45, 2.75) is 31.1 Å². The Morgan fingerprint density at radius 2 is 1.78 bits per heavy atom. The van der Waals surface area contributed by atoms with Gasteiger partial charge in [-0.2, -0.15) is 10.1 Å². The molecular formula is C28H26N4O3S. The minimum absolute atomic E-state index is 0.0286. The highest BCUT2D eigenvalue weighted by atomic mass is 32.2. The van der Waals surface area contributed by atoms with E-state index in [1.807, 2.05) is 35.3 Å². The van der Waals surface area contributed by atoms with E-state index in [9.17, 15) is 9.59 Å². The first-order valence-corrected chi connectivity index (χ1v) is 12.6. The SMILES string of the molecule is COc1ccc(NC(=O)C[C@@H]2SC(N3N=C(c4ccccc4)C[C@@H]3c3ccc(C)cc3)=NC2=O)cc1. The van der Waals surface area contributed by atoms with Gasteiger partial charge < -0.3 is 10.1 Å². The van der Waals surface area contributed by atoms with Crippen LogP contribution in [-0.2, 0) is 9.59 Å². The zero-order valence-electron chi connectivity index (χ0n) is 20.0. The minimum atomic E-state index is -0.590. The molecule has 7 nitrogen and oxygen atoms in total. The summed E-state index contributed by atoms with van der Waals surface area (Å²) in [6.45, 7) is 2.05. The normalized spacial score (nSPS) is 19.2. The highest BCUT2D eigenvalue weighted by molar-refractivity contribution is 8.15. The third-order valence-corrected chi connectivity index (χ3v) is 7.29. The number of benzene rings is 3. The molecule has 2 heterocycles. The van der Waals surface area contributed by atoms with Crippen molar-refractivity contribution in [3.63, 3.8) is 0 Å². The Labute approximate surface area is 214 Å². The molecule has 8 heteroatoms. The standard InChI is InChI=1S/C28H26N4O3S/c1-18-8-10-20(11-9-18)24-16-23(19-6-4-3-5-7-19)31-32(24)28-30-27(34)25(36-28)17-26(33)29-21-12-14-22(35-2)15-13-21/h3-15,24-25H,16-17H2,1-2H3,(H,29,33)/t24-,25+/m1/s1. The Balaban J connectivity index is 1.32. The first-order chi connectivity index (χ1) is 17.5. The van der Waals surface area contributed by atoms with Gasteiger partial charge in [0.2, 0.25) is 5.91 Å². The number of nitrogens with zero attached hydrogens (tertiary/aromatic N) is 3. The van der Waals surface area contributed by atoms with Crippen LogP contribution in [0.2, 0.25) is 0 Å². The summed E-state index contributed by atoms with van der Waals surface area (Å²) in [7, 11) is 1.59. The maximum atomic E-state index is 12.8. The smallest absolute Gasteiger partial charge is 0.262 e. The molecule has 2 aliphatic rings. The summed E-state index contributed by atoms with van der Waals surface area (Å²) in [6.07, 6.45) is 0.726. The minimum Gasteiger partial charge on any atom is -0.497 e. The molecule has 0 saturated heterocycles. The van der Waals surface area contributed by atoms with Crippen molar-refractivity contribution in [1.82, 2.24) is 5.01 Å². The van der Waals surface area contributed by atoms with Gasteiger partial charge in [0.15, 0.2) is 5.17 Å². The highest BCUT2D eigenvalue weighted by Crippen LogP contribution is 2.38. The number of amides is 2. The summed E-state index contributed by atoms with van der Waals surface area (Å²) in [5, 5.41) is 9.51. The molecule has 36 heavy (non-hydrogen) atoms. The van der Waals surface area contributed by atoms with Crippen molar-refractivity contribution in [2.24, 2.45) is 10.1 Å². The number of carbonyl (C=O) groups is 2. The monoisotopic (exact) mass is 498 g/mol. The fourth-order valence-corrected chi connectivity index (χ4v) is 5.26. The number of thioether (sulfide) groups is 1. The van der Waals surface area contributed by atoms with Gasteiger partial charge in [-0.05, 0) is 42.3 Å². The van der Waals surface area contributed by atoms with E-state index in [-0.39, 0.29) is 24.3 Å². The summed E-state index contributed by atoms with van der Waals surface area (Å²) >= 11 is 1.30. The van der Waals surface area contributed by atoms with Gasteiger partial charge in [0.1, 0.15) is 11.0 Å². The number of hydrogen-bond acceptors (Lipinski definition) is 6. The van der Waals surface area contributed by atoms with E-state index in [1.165, 1.54) is 17.3 Å². The lowest BCUT2D eigenvalue weighted by Gasteiger charge is -2.23. The molecule has 2 aliphatic heterocycles. The molecule has 3 aromatic rings. The van der Waals surface area contributed by atoms with E-state index < -0.39 is 5.25 Å². The molecule has 0 bridgehead atoms. The van der Waals surface area contributed by atoms with Crippen LogP contribution in [0.5, 0.6) is 5.75 Å². The third kappa shape index (κ3) is 5.18.